The molecule has 0 atom stereocenters. The molecule has 0 spiro atoms. The number of carboxylic acids is 1. The third-order valence-corrected chi connectivity index (χ3v) is 3.17. The van der Waals surface area contributed by atoms with Crippen LogP contribution < -0.4 is 4.90 Å². The molecule has 2 heterocycles. The Labute approximate surface area is 91.5 Å². The molecule has 0 bridgehead atoms. The van der Waals surface area contributed by atoms with Crippen molar-refractivity contribution in [1.29, 1.82) is 0 Å². The summed E-state index contributed by atoms with van der Waals surface area (Å²) in [5, 5.41) is 16.5. The molecule has 2 rings (SSSR count). The van der Waals surface area contributed by atoms with Gasteiger partial charge in [-0.3, -0.25) is 0 Å². The number of rotatable bonds is 2. The van der Waals surface area contributed by atoms with E-state index in [1.54, 1.807) is 6.07 Å². The SMILES string of the molecule is O=C(O)c1cnnc(N2CCSCC2)c1. The summed E-state index contributed by atoms with van der Waals surface area (Å²) < 4.78 is 0. The van der Waals surface area contributed by atoms with Crippen molar-refractivity contribution in [3.05, 3.63) is 17.8 Å². The van der Waals surface area contributed by atoms with Gasteiger partial charge in [0.05, 0.1) is 11.8 Å². The highest BCUT2D eigenvalue weighted by molar-refractivity contribution is 7.99. The Balaban J connectivity index is 2.19. The molecule has 0 aliphatic carbocycles. The Bertz CT molecular complexity index is 366. The Morgan fingerprint density at radius 1 is 1.47 bits per heavy atom. The Kier molecular flexibility index (Phi) is 3.05. The molecule has 15 heavy (non-hydrogen) atoms. The number of aromatic carboxylic acids is 1. The molecular weight excluding hydrogens is 214 g/mol. The van der Waals surface area contributed by atoms with Crippen LogP contribution in [0.5, 0.6) is 0 Å². The lowest BCUT2D eigenvalue weighted by Crippen LogP contribution is -2.33. The minimum absolute atomic E-state index is 0.193. The van der Waals surface area contributed by atoms with Crippen LogP contribution in [0.3, 0.4) is 0 Å². The third kappa shape index (κ3) is 2.38. The fourth-order valence-corrected chi connectivity index (χ4v) is 2.32. The van der Waals surface area contributed by atoms with Gasteiger partial charge in [0, 0.05) is 24.6 Å². The highest BCUT2D eigenvalue weighted by Gasteiger charge is 2.14. The molecule has 5 nitrogen and oxygen atoms in total. The van der Waals surface area contributed by atoms with E-state index in [2.05, 4.69) is 15.1 Å². The molecule has 0 radical (unpaired) electrons. The summed E-state index contributed by atoms with van der Waals surface area (Å²) in [4.78, 5) is 12.8. The van der Waals surface area contributed by atoms with E-state index < -0.39 is 5.97 Å². The quantitative estimate of drug-likeness (QED) is 0.800. The fraction of sp³-hybridized carbons (Fsp3) is 0.444. The number of carbonyl (C=O) groups is 1. The molecule has 1 aliphatic heterocycles. The van der Waals surface area contributed by atoms with Crippen LogP contribution in [0.25, 0.3) is 0 Å². The first kappa shape index (κ1) is 10.2. The van der Waals surface area contributed by atoms with Crippen LogP contribution in [0.2, 0.25) is 0 Å². The van der Waals surface area contributed by atoms with Gasteiger partial charge in [0.25, 0.3) is 0 Å². The van der Waals surface area contributed by atoms with Crippen LogP contribution in [0.15, 0.2) is 12.3 Å². The lowest BCUT2D eigenvalue weighted by molar-refractivity contribution is 0.0696. The van der Waals surface area contributed by atoms with Gasteiger partial charge >= 0.3 is 5.97 Å². The molecule has 1 aromatic heterocycles. The van der Waals surface area contributed by atoms with Crippen LogP contribution in [-0.2, 0) is 0 Å². The molecule has 0 saturated carbocycles. The van der Waals surface area contributed by atoms with Crippen LogP contribution >= 0.6 is 11.8 Å². The Morgan fingerprint density at radius 2 is 2.20 bits per heavy atom. The second-order valence-corrected chi connectivity index (χ2v) is 4.43. The smallest absolute Gasteiger partial charge is 0.337 e. The first-order valence-corrected chi connectivity index (χ1v) is 5.81. The lowest BCUT2D eigenvalue weighted by Gasteiger charge is -2.26. The molecular formula is C9H11N3O2S. The van der Waals surface area contributed by atoms with E-state index in [1.165, 1.54) is 6.20 Å². The molecule has 1 aliphatic rings. The number of nitrogens with zero attached hydrogens (tertiary/aromatic N) is 3. The van der Waals surface area contributed by atoms with Gasteiger partial charge in [0.2, 0.25) is 0 Å². The summed E-state index contributed by atoms with van der Waals surface area (Å²) in [5.41, 5.74) is 0.193. The number of hydrogen-bond donors (Lipinski definition) is 1. The van der Waals surface area contributed by atoms with E-state index in [0.29, 0.717) is 5.82 Å². The number of thioether (sulfide) groups is 1. The van der Waals surface area contributed by atoms with E-state index >= 15 is 0 Å². The van der Waals surface area contributed by atoms with Crippen molar-refractivity contribution < 1.29 is 9.90 Å². The normalized spacial score (nSPS) is 16.4. The first-order chi connectivity index (χ1) is 7.27. The van der Waals surface area contributed by atoms with E-state index in [0.717, 1.165) is 24.6 Å². The molecule has 1 saturated heterocycles. The highest BCUT2D eigenvalue weighted by Crippen LogP contribution is 2.17. The largest absolute Gasteiger partial charge is 0.478 e. The molecule has 0 unspecified atom stereocenters. The van der Waals surface area contributed by atoms with E-state index in [-0.39, 0.29) is 5.56 Å². The van der Waals surface area contributed by atoms with Crippen molar-refractivity contribution >= 4 is 23.5 Å². The average molecular weight is 225 g/mol. The molecule has 1 fully saturated rings. The zero-order valence-corrected chi connectivity index (χ0v) is 8.90. The maximum absolute atomic E-state index is 10.7. The minimum atomic E-state index is -0.961. The molecule has 0 amide bonds. The third-order valence-electron chi connectivity index (χ3n) is 2.22. The van der Waals surface area contributed by atoms with Gasteiger partial charge in [-0.05, 0) is 6.07 Å². The van der Waals surface area contributed by atoms with Gasteiger partial charge in [0.1, 0.15) is 0 Å². The number of hydrogen-bond acceptors (Lipinski definition) is 5. The predicted molar refractivity (Wildman–Crippen MR) is 58.5 cm³/mol. The van der Waals surface area contributed by atoms with Crippen molar-refractivity contribution in [3.63, 3.8) is 0 Å². The monoisotopic (exact) mass is 225 g/mol. The second-order valence-electron chi connectivity index (χ2n) is 3.21. The summed E-state index contributed by atoms with van der Waals surface area (Å²) in [6.45, 7) is 1.81. The molecule has 6 heteroatoms. The highest BCUT2D eigenvalue weighted by atomic mass is 32.2. The summed E-state index contributed by atoms with van der Waals surface area (Å²) in [6.07, 6.45) is 1.27. The van der Waals surface area contributed by atoms with Crippen LogP contribution in [0.4, 0.5) is 5.82 Å². The van der Waals surface area contributed by atoms with Crippen LogP contribution in [0, 0.1) is 0 Å². The Hall–Kier alpha value is -1.30. The summed E-state index contributed by atoms with van der Waals surface area (Å²) >= 11 is 1.90. The van der Waals surface area contributed by atoms with Gasteiger partial charge in [-0.15, -0.1) is 5.10 Å². The lowest BCUT2D eigenvalue weighted by atomic mass is 10.3. The first-order valence-electron chi connectivity index (χ1n) is 4.66. The van der Waals surface area contributed by atoms with Gasteiger partial charge in [-0.25, -0.2) is 4.79 Å². The average Bonchev–Trinajstić information content (AvgIpc) is 2.30. The molecule has 1 aromatic rings. The van der Waals surface area contributed by atoms with Gasteiger partial charge in [-0.2, -0.15) is 16.9 Å². The van der Waals surface area contributed by atoms with E-state index in [9.17, 15) is 4.79 Å². The van der Waals surface area contributed by atoms with Gasteiger partial charge in [0.15, 0.2) is 5.82 Å². The predicted octanol–water partition coefficient (Wildman–Crippen LogP) is 0.728. The van der Waals surface area contributed by atoms with Crippen molar-refractivity contribution in [2.24, 2.45) is 0 Å². The maximum atomic E-state index is 10.7. The van der Waals surface area contributed by atoms with E-state index in [1.807, 2.05) is 11.8 Å². The van der Waals surface area contributed by atoms with Crippen molar-refractivity contribution in [3.8, 4) is 0 Å². The van der Waals surface area contributed by atoms with Crippen LogP contribution in [0.1, 0.15) is 10.4 Å². The second kappa shape index (κ2) is 4.48. The van der Waals surface area contributed by atoms with Crippen LogP contribution in [-0.4, -0.2) is 45.9 Å². The molecule has 0 aromatic carbocycles. The number of anilines is 1. The van der Waals surface area contributed by atoms with Gasteiger partial charge in [-0.1, -0.05) is 0 Å². The Morgan fingerprint density at radius 3 is 2.87 bits per heavy atom. The zero-order chi connectivity index (χ0) is 10.7. The fourth-order valence-electron chi connectivity index (χ4n) is 1.42. The zero-order valence-electron chi connectivity index (χ0n) is 8.09. The number of aromatic nitrogens is 2. The molecule has 80 valence electrons. The summed E-state index contributed by atoms with van der Waals surface area (Å²) in [7, 11) is 0. The topological polar surface area (TPSA) is 66.3 Å². The standard InChI is InChI=1S/C9H11N3O2S/c13-9(14)7-5-8(11-10-6-7)12-1-3-15-4-2-12/h5-6H,1-4H2,(H,13,14). The minimum Gasteiger partial charge on any atom is -0.478 e. The van der Waals surface area contributed by atoms with E-state index in [4.69, 9.17) is 5.11 Å². The van der Waals surface area contributed by atoms with Crippen molar-refractivity contribution in [1.82, 2.24) is 10.2 Å². The van der Waals surface area contributed by atoms with Crippen molar-refractivity contribution in [2.75, 3.05) is 29.5 Å². The summed E-state index contributed by atoms with van der Waals surface area (Å²) in [5.74, 6) is 1.81. The number of carboxylic acid groups (broad SMARTS) is 1. The summed E-state index contributed by atoms with van der Waals surface area (Å²) in [6, 6.07) is 1.57. The van der Waals surface area contributed by atoms with Crippen molar-refractivity contribution in [2.45, 2.75) is 0 Å². The van der Waals surface area contributed by atoms with Gasteiger partial charge < -0.3 is 10.0 Å². The molecule has 1 N–H and O–H groups in total. The maximum Gasteiger partial charge on any atom is 0.337 e.